The highest BCUT2D eigenvalue weighted by molar-refractivity contribution is 7.93. The second-order valence-electron chi connectivity index (χ2n) is 8.09. The standard InChI is InChI=1S/C22H22ClFN4O5S3/c23-19-2-1-3-20(24)18(19)14-35(30,31)28-11-8-15(9-12-28)21(29)26-16-4-6-17(7-5-16)36(32,33)27-22-25-10-13-34-22/h1-7,10,13,15H,8-9,11-12,14H2,(H,25,27)(H,26,29). The van der Waals surface area contributed by atoms with Crippen molar-refractivity contribution in [2.45, 2.75) is 23.5 Å². The molecule has 1 aromatic heterocycles. The number of anilines is 2. The average molecular weight is 573 g/mol. The molecule has 0 unspecified atom stereocenters. The van der Waals surface area contributed by atoms with Crippen molar-refractivity contribution >= 4 is 59.7 Å². The van der Waals surface area contributed by atoms with E-state index in [0.717, 1.165) is 17.4 Å². The highest BCUT2D eigenvalue weighted by atomic mass is 35.5. The molecule has 0 bridgehead atoms. The second kappa shape index (κ2) is 10.8. The van der Waals surface area contributed by atoms with E-state index in [1.807, 2.05) is 0 Å². The fourth-order valence-corrected chi connectivity index (χ4v) is 7.46. The molecule has 36 heavy (non-hydrogen) atoms. The van der Waals surface area contributed by atoms with E-state index in [1.54, 1.807) is 5.38 Å². The van der Waals surface area contributed by atoms with Gasteiger partial charge in [0.05, 0.1) is 10.6 Å². The fraction of sp³-hybridized carbons (Fsp3) is 0.273. The summed E-state index contributed by atoms with van der Waals surface area (Å²) >= 11 is 7.12. The van der Waals surface area contributed by atoms with Crippen molar-refractivity contribution in [3.05, 3.63) is 70.4 Å². The summed E-state index contributed by atoms with van der Waals surface area (Å²) in [6.07, 6.45) is 2.07. The molecule has 14 heteroatoms. The average Bonchev–Trinajstić information content (AvgIpc) is 3.34. The third-order valence-corrected chi connectivity index (χ3v) is 10.0. The number of halogens is 2. The number of nitrogens with zero attached hydrogens (tertiary/aromatic N) is 2. The summed E-state index contributed by atoms with van der Waals surface area (Å²) in [5, 5.41) is 4.69. The first-order chi connectivity index (χ1) is 17.0. The number of hydrogen-bond acceptors (Lipinski definition) is 7. The lowest BCUT2D eigenvalue weighted by molar-refractivity contribution is -0.120. The molecule has 2 aromatic carbocycles. The number of hydrogen-bond donors (Lipinski definition) is 2. The predicted molar refractivity (Wildman–Crippen MR) is 136 cm³/mol. The SMILES string of the molecule is O=C(Nc1ccc(S(=O)(=O)Nc2nccs2)cc1)C1CCN(S(=O)(=O)Cc2c(F)cccc2Cl)CC1. The lowest BCUT2D eigenvalue weighted by atomic mass is 9.97. The molecule has 9 nitrogen and oxygen atoms in total. The first-order valence-electron chi connectivity index (χ1n) is 10.8. The van der Waals surface area contributed by atoms with Gasteiger partial charge < -0.3 is 5.32 Å². The number of sulfonamides is 2. The maximum absolute atomic E-state index is 14.0. The van der Waals surface area contributed by atoms with Gasteiger partial charge in [0, 0.05) is 46.9 Å². The summed E-state index contributed by atoms with van der Waals surface area (Å²) in [6.45, 7) is 0.234. The highest BCUT2D eigenvalue weighted by Crippen LogP contribution is 2.27. The summed E-state index contributed by atoms with van der Waals surface area (Å²) in [7, 11) is -7.62. The second-order valence-corrected chi connectivity index (χ2v) is 13.0. The van der Waals surface area contributed by atoms with Crippen molar-refractivity contribution in [2.24, 2.45) is 5.92 Å². The molecule has 0 atom stereocenters. The number of thiazole rings is 1. The number of carbonyl (C=O) groups excluding carboxylic acids is 1. The van der Waals surface area contributed by atoms with Crippen LogP contribution in [0.4, 0.5) is 15.2 Å². The van der Waals surface area contributed by atoms with Gasteiger partial charge in [-0.05, 0) is 49.2 Å². The van der Waals surface area contributed by atoms with Gasteiger partial charge in [0.15, 0.2) is 5.13 Å². The molecule has 0 saturated carbocycles. The van der Waals surface area contributed by atoms with Gasteiger partial charge in [-0.25, -0.2) is 30.5 Å². The number of benzene rings is 2. The summed E-state index contributed by atoms with van der Waals surface area (Å²) in [5.41, 5.74) is 0.337. The number of piperidine rings is 1. The van der Waals surface area contributed by atoms with Gasteiger partial charge in [0.2, 0.25) is 15.9 Å². The molecule has 0 aliphatic carbocycles. The molecule has 4 rings (SSSR count). The molecule has 2 N–H and O–H groups in total. The maximum atomic E-state index is 14.0. The van der Waals surface area contributed by atoms with Gasteiger partial charge in [-0.1, -0.05) is 17.7 Å². The van der Waals surface area contributed by atoms with Crippen LogP contribution in [0.15, 0.2) is 58.9 Å². The van der Waals surface area contributed by atoms with E-state index in [1.165, 1.54) is 46.9 Å². The van der Waals surface area contributed by atoms with Crippen molar-refractivity contribution in [2.75, 3.05) is 23.1 Å². The Morgan fingerprint density at radius 3 is 2.42 bits per heavy atom. The number of carbonyl (C=O) groups is 1. The highest BCUT2D eigenvalue weighted by Gasteiger charge is 2.32. The van der Waals surface area contributed by atoms with Crippen LogP contribution in [-0.4, -0.2) is 45.1 Å². The van der Waals surface area contributed by atoms with Crippen molar-refractivity contribution in [3.8, 4) is 0 Å². The summed E-state index contributed by atoms with van der Waals surface area (Å²) < 4.78 is 68.1. The van der Waals surface area contributed by atoms with Gasteiger partial charge >= 0.3 is 0 Å². The third-order valence-electron chi connectivity index (χ3n) is 5.69. The van der Waals surface area contributed by atoms with Crippen LogP contribution < -0.4 is 10.0 Å². The monoisotopic (exact) mass is 572 g/mol. The zero-order valence-corrected chi connectivity index (χ0v) is 21.9. The summed E-state index contributed by atoms with van der Waals surface area (Å²) in [6, 6.07) is 9.70. The lowest BCUT2D eigenvalue weighted by Gasteiger charge is -2.30. The summed E-state index contributed by atoms with van der Waals surface area (Å²) in [4.78, 5) is 16.6. The molecule has 1 aliphatic heterocycles. The summed E-state index contributed by atoms with van der Waals surface area (Å²) in [5.74, 6) is -1.95. The number of nitrogens with one attached hydrogen (secondary N) is 2. The lowest BCUT2D eigenvalue weighted by Crippen LogP contribution is -2.42. The van der Waals surface area contributed by atoms with E-state index in [0.29, 0.717) is 18.5 Å². The Balaban J connectivity index is 1.32. The molecular weight excluding hydrogens is 551 g/mol. The Bertz CT molecular complexity index is 1420. The maximum Gasteiger partial charge on any atom is 0.263 e. The van der Waals surface area contributed by atoms with E-state index in [4.69, 9.17) is 11.6 Å². The van der Waals surface area contributed by atoms with Gasteiger partial charge in [0.25, 0.3) is 10.0 Å². The van der Waals surface area contributed by atoms with Gasteiger partial charge in [0.1, 0.15) is 5.82 Å². The van der Waals surface area contributed by atoms with Crippen molar-refractivity contribution in [3.63, 3.8) is 0 Å². The van der Waals surface area contributed by atoms with Crippen LogP contribution in [0.1, 0.15) is 18.4 Å². The van der Waals surface area contributed by atoms with E-state index in [-0.39, 0.29) is 39.6 Å². The van der Waals surface area contributed by atoms with Crippen LogP contribution in [0.25, 0.3) is 0 Å². The Hall–Kier alpha value is -2.58. The molecule has 1 fully saturated rings. The van der Waals surface area contributed by atoms with Crippen molar-refractivity contribution in [1.29, 1.82) is 0 Å². The normalized spacial score (nSPS) is 15.5. The van der Waals surface area contributed by atoms with Crippen LogP contribution in [0.5, 0.6) is 0 Å². The van der Waals surface area contributed by atoms with E-state index in [9.17, 15) is 26.0 Å². The molecule has 192 valence electrons. The van der Waals surface area contributed by atoms with E-state index in [2.05, 4.69) is 15.0 Å². The van der Waals surface area contributed by atoms with Gasteiger partial charge in [-0.2, -0.15) is 0 Å². The minimum Gasteiger partial charge on any atom is -0.326 e. The predicted octanol–water partition coefficient (Wildman–Crippen LogP) is 3.92. The molecule has 0 spiro atoms. The Morgan fingerprint density at radius 2 is 1.81 bits per heavy atom. The fourth-order valence-electron chi connectivity index (χ4n) is 3.75. The topological polar surface area (TPSA) is 126 Å². The van der Waals surface area contributed by atoms with E-state index >= 15 is 0 Å². The van der Waals surface area contributed by atoms with Crippen LogP contribution >= 0.6 is 22.9 Å². The molecular formula is C22H22ClFN4O5S3. The Kier molecular flexibility index (Phi) is 7.95. The zero-order chi connectivity index (χ0) is 25.9. The van der Waals surface area contributed by atoms with Crippen molar-refractivity contribution in [1.82, 2.24) is 9.29 Å². The zero-order valence-electron chi connectivity index (χ0n) is 18.7. The van der Waals surface area contributed by atoms with Crippen LogP contribution in [0.3, 0.4) is 0 Å². The van der Waals surface area contributed by atoms with Crippen molar-refractivity contribution < 1.29 is 26.0 Å². The van der Waals surface area contributed by atoms with Crippen LogP contribution in [0.2, 0.25) is 5.02 Å². The number of aromatic nitrogens is 1. The first-order valence-corrected chi connectivity index (χ1v) is 15.1. The number of rotatable bonds is 8. The van der Waals surface area contributed by atoms with Crippen LogP contribution in [-0.2, 0) is 30.6 Å². The van der Waals surface area contributed by atoms with Gasteiger partial charge in [-0.15, -0.1) is 11.3 Å². The molecule has 1 aliphatic rings. The first kappa shape index (κ1) is 26.5. The van der Waals surface area contributed by atoms with Gasteiger partial charge in [-0.3, -0.25) is 9.52 Å². The minimum atomic E-state index is -3.82. The molecule has 3 aromatic rings. The smallest absolute Gasteiger partial charge is 0.263 e. The van der Waals surface area contributed by atoms with Crippen LogP contribution in [0, 0.1) is 11.7 Å². The third kappa shape index (κ3) is 6.21. The molecule has 2 heterocycles. The molecule has 1 amide bonds. The number of amides is 1. The molecule has 0 radical (unpaired) electrons. The molecule has 1 saturated heterocycles. The Labute approximate surface area is 217 Å². The quantitative estimate of drug-likeness (QED) is 0.421. The minimum absolute atomic E-state index is 0.0177. The Morgan fingerprint density at radius 1 is 1.11 bits per heavy atom. The largest absolute Gasteiger partial charge is 0.326 e. The van der Waals surface area contributed by atoms with E-state index < -0.39 is 37.5 Å².